The van der Waals surface area contributed by atoms with Crippen LogP contribution in [0, 0.1) is 5.92 Å². The molecule has 0 aromatic carbocycles. The summed E-state index contributed by atoms with van der Waals surface area (Å²) in [6.45, 7) is 10.1. The van der Waals surface area contributed by atoms with Gasteiger partial charge in [0.25, 0.3) is 0 Å². The first-order valence-corrected chi connectivity index (χ1v) is 6.49. The average molecular weight is 242 g/mol. The summed E-state index contributed by atoms with van der Waals surface area (Å²) < 4.78 is 23.9. The van der Waals surface area contributed by atoms with Gasteiger partial charge in [-0.2, -0.15) is 0 Å². The molecule has 4 heteroatoms. The third kappa shape index (κ3) is 1.91. The van der Waals surface area contributed by atoms with Crippen LogP contribution in [0.5, 0.6) is 0 Å². The molecule has 4 atom stereocenters. The average Bonchev–Trinajstić information content (AvgIpc) is 2.61. The van der Waals surface area contributed by atoms with Crippen molar-refractivity contribution in [3.63, 3.8) is 0 Å². The molecule has 4 nitrogen and oxygen atoms in total. The third-order valence-corrected chi connectivity index (χ3v) is 3.94. The topological polar surface area (TPSA) is 36.9 Å². The van der Waals surface area contributed by atoms with E-state index in [1.807, 2.05) is 27.7 Å². The quantitative estimate of drug-likeness (QED) is 0.651. The first kappa shape index (κ1) is 11.9. The van der Waals surface area contributed by atoms with Gasteiger partial charge in [-0.15, -0.1) is 0 Å². The summed E-state index contributed by atoms with van der Waals surface area (Å²) in [4.78, 5) is 0. The molecule has 0 amide bonds. The molecule has 17 heavy (non-hydrogen) atoms. The van der Waals surface area contributed by atoms with E-state index in [1.54, 1.807) is 0 Å². The van der Waals surface area contributed by atoms with Crippen LogP contribution in [-0.2, 0) is 18.9 Å². The van der Waals surface area contributed by atoms with E-state index in [0.717, 1.165) is 6.42 Å². The van der Waals surface area contributed by atoms with E-state index in [2.05, 4.69) is 6.92 Å². The molecule has 0 aromatic rings. The van der Waals surface area contributed by atoms with Crippen molar-refractivity contribution in [1.82, 2.24) is 0 Å². The van der Waals surface area contributed by atoms with Crippen LogP contribution in [0.25, 0.3) is 0 Å². The normalized spacial score (nSPS) is 51.0. The molecule has 2 saturated heterocycles. The molecule has 3 aliphatic rings. The van der Waals surface area contributed by atoms with Crippen LogP contribution in [0.2, 0.25) is 0 Å². The maximum absolute atomic E-state index is 5.98. The van der Waals surface area contributed by atoms with E-state index in [9.17, 15) is 0 Å². The Bertz CT molecular complexity index is 295. The van der Waals surface area contributed by atoms with Gasteiger partial charge in [0.15, 0.2) is 11.6 Å². The van der Waals surface area contributed by atoms with Gasteiger partial charge in [-0.1, -0.05) is 6.92 Å². The van der Waals surface area contributed by atoms with Crippen molar-refractivity contribution in [3.05, 3.63) is 0 Å². The Morgan fingerprint density at radius 3 is 1.59 bits per heavy atom. The van der Waals surface area contributed by atoms with Crippen LogP contribution in [0.15, 0.2) is 0 Å². The molecular weight excluding hydrogens is 220 g/mol. The van der Waals surface area contributed by atoms with Crippen molar-refractivity contribution in [3.8, 4) is 0 Å². The number of ether oxygens (including phenoxy) is 4. The van der Waals surface area contributed by atoms with Gasteiger partial charge in [-0.25, -0.2) is 0 Å². The van der Waals surface area contributed by atoms with Crippen LogP contribution < -0.4 is 0 Å². The monoisotopic (exact) mass is 242 g/mol. The van der Waals surface area contributed by atoms with E-state index in [4.69, 9.17) is 18.9 Å². The van der Waals surface area contributed by atoms with Gasteiger partial charge in [0, 0.05) is 12.3 Å². The SMILES string of the molecule is CC1C2OC(C)(C)OC2CC2OC(C)(C)OC21. The van der Waals surface area contributed by atoms with Crippen LogP contribution in [0.1, 0.15) is 41.0 Å². The van der Waals surface area contributed by atoms with Crippen molar-refractivity contribution in [2.45, 2.75) is 77.0 Å². The molecule has 1 saturated carbocycles. The largest absolute Gasteiger partial charge is 0.344 e. The lowest BCUT2D eigenvalue weighted by Gasteiger charge is -2.35. The van der Waals surface area contributed by atoms with E-state index in [-0.39, 0.29) is 24.4 Å². The zero-order valence-corrected chi connectivity index (χ0v) is 11.2. The zero-order chi connectivity index (χ0) is 12.4. The smallest absolute Gasteiger partial charge is 0.163 e. The third-order valence-electron chi connectivity index (χ3n) is 3.94. The molecule has 4 unspecified atom stereocenters. The highest BCUT2D eigenvalue weighted by atomic mass is 16.8. The number of hydrogen-bond donors (Lipinski definition) is 0. The number of hydrogen-bond acceptors (Lipinski definition) is 4. The van der Waals surface area contributed by atoms with E-state index in [1.165, 1.54) is 0 Å². The van der Waals surface area contributed by atoms with Crippen LogP contribution >= 0.6 is 0 Å². The predicted octanol–water partition coefficient (Wildman–Crippen LogP) is 2.07. The number of rotatable bonds is 0. The summed E-state index contributed by atoms with van der Waals surface area (Å²) >= 11 is 0. The highest BCUT2D eigenvalue weighted by Gasteiger charge is 2.56. The summed E-state index contributed by atoms with van der Waals surface area (Å²) in [5.41, 5.74) is 0. The van der Waals surface area contributed by atoms with Crippen molar-refractivity contribution in [1.29, 1.82) is 0 Å². The Balaban J connectivity index is 1.81. The van der Waals surface area contributed by atoms with Gasteiger partial charge in [-0.05, 0) is 27.7 Å². The minimum atomic E-state index is -0.474. The van der Waals surface area contributed by atoms with Gasteiger partial charge in [0.2, 0.25) is 0 Å². The fourth-order valence-corrected chi connectivity index (χ4v) is 3.40. The molecule has 0 bridgehead atoms. The van der Waals surface area contributed by atoms with Crippen LogP contribution in [-0.4, -0.2) is 36.0 Å². The predicted molar refractivity (Wildman–Crippen MR) is 61.4 cm³/mol. The second kappa shape index (κ2) is 3.44. The lowest BCUT2D eigenvalue weighted by molar-refractivity contribution is -0.169. The maximum Gasteiger partial charge on any atom is 0.163 e. The number of fused-ring (bicyclic) bond motifs is 2. The van der Waals surface area contributed by atoms with Gasteiger partial charge >= 0.3 is 0 Å². The Morgan fingerprint density at radius 2 is 1.18 bits per heavy atom. The molecule has 0 aromatic heterocycles. The first-order valence-electron chi connectivity index (χ1n) is 6.49. The molecular formula is C13H22O4. The second-order valence-electron chi connectivity index (χ2n) is 6.37. The molecule has 98 valence electrons. The Labute approximate surface area is 103 Å². The maximum atomic E-state index is 5.98. The summed E-state index contributed by atoms with van der Waals surface area (Å²) in [7, 11) is 0. The minimum absolute atomic E-state index is 0.128. The van der Waals surface area contributed by atoms with Gasteiger partial charge in [0.05, 0.1) is 24.4 Å². The lowest BCUT2D eigenvalue weighted by Crippen LogP contribution is -2.48. The molecule has 2 aliphatic heterocycles. The van der Waals surface area contributed by atoms with Gasteiger partial charge in [-0.3, -0.25) is 0 Å². The molecule has 0 N–H and O–H groups in total. The fourth-order valence-electron chi connectivity index (χ4n) is 3.40. The van der Waals surface area contributed by atoms with Crippen LogP contribution in [0.4, 0.5) is 0 Å². The van der Waals surface area contributed by atoms with E-state index >= 15 is 0 Å². The van der Waals surface area contributed by atoms with Crippen molar-refractivity contribution < 1.29 is 18.9 Å². The van der Waals surface area contributed by atoms with Gasteiger partial charge < -0.3 is 18.9 Å². The highest BCUT2D eigenvalue weighted by Crippen LogP contribution is 2.46. The highest BCUT2D eigenvalue weighted by molar-refractivity contribution is 5.00. The van der Waals surface area contributed by atoms with Gasteiger partial charge in [0.1, 0.15) is 0 Å². The zero-order valence-electron chi connectivity index (χ0n) is 11.2. The first-order chi connectivity index (χ1) is 7.77. The van der Waals surface area contributed by atoms with Crippen molar-refractivity contribution in [2.24, 2.45) is 5.92 Å². The molecule has 2 heterocycles. The minimum Gasteiger partial charge on any atom is -0.344 e. The van der Waals surface area contributed by atoms with Crippen molar-refractivity contribution >= 4 is 0 Å². The van der Waals surface area contributed by atoms with Crippen molar-refractivity contribution in [2.75, 3.05) is 0 Å². The van der Waals surface area contributed by atoms with E-state index < -0.39 is 11.6 Å². The Hall–Kier alpha value is -0.160. The second-order valence-corrected chi connectivity index (χ2v) is 6.37. The summed E-state index contributed by atoms with van der Waals surface area (Å²) in [5.74, 6) is -0.641. The molecule has 3 rings (SSSR count). The molecule has 0 spiro atoms. The fraction of sp³-hybridized carbons (Fsp3) is 1.00. The Kier molecular flexibility index (Phi) is 2.41. The lowest BCUT2D eigenvalue weighted by atomic mass is 9.81. The summed E-state index contributed by atoms with van der Waals surface area (Å²) in [6, 6.07) is 0. The van der Waals surface area contributed by atoms with E-state index in [0.29, 0.717) is 5.92 Å². The summed E-state index contributed by atoms with van der Waals surface area (Å²) in [5, 5.41) is 0. The molecule has 3 fully saturated rings. The summed E-state index contributed by atoms with van der Waals surface area (Å²) in [6.07, 6.45) is 1.40. The Morgan fingerprint density at radius 1 is 0.765 bits per heavy atom. The molecule has 1 aliphatic carbocycles. The molecule has 0 radical (unpaired) electrons. The van der Waals surface area contributed by atoms with Crippen LogP contribution in [0.3, 0.4) is 0 Å². The standard InChI is InChI=1S/C13H22O4/c1-7-10-8(14-12(2,3)16-10)6-9-11(7)17-13(4,5)15-9/h7-11H,6H2,1-5H3.